The van der Waals surface area contributed by atoms with Crippen molar-refractivity contribution in [3.05, 3.63) is 67.5 Å². The number of aromatic nitrogens is 1. The number of rotatable bonds is 5. The van der Waals surface area contributed by atoms with Crippen molar-refractivity contribution >= 4 is 45.2 Å². The second-order valence-corrected chi connectivity index (χ2v) is 6.86. The SMILES string of the molecule is O=C(OCc1csc([N+](=O)[O-])c1)c1csc(-c2ccc(Cl)cc2)n1. The van der Waals surface area contributed by atoms with Gasteiger partial charge in [-0.1, -0.05) is 35.1 Å². The standard InChI is InChI=1S/C15H9ClN2O4S2/c16-11-3-1-10(2-4-11)14-17-12(8-24-14)15(19)22-6-9-5-13(18(20)21)23-7-9/h1-5,7-8H,6H2. The molecule has 0 atom stereocenters. The Bertz CT molecular complexity index is 889. The van der Waals surface area contributed by atoms with Crippen LogP contribution in [0, 0.1) is 10.1 Å². The number of hydrogen-bond donors (Lipinski definition) is 0. The fraction of sp³-hybridized carbons (Fsp3) is 0.0667. The second-order valence-electron chi connectivity index (χ2n) is 4.67. The summed E-state index contributed by atoms with van der Waals surface area (Å²) in [5.41, 5.74) is 1.64. The molecule has 0 aliphatic rings. The lowest BCUT2D eigenvalue weighted by Crippen LogP contribution is -2.05. The molecule has 2 heterocycles. The number of thiophene rings is 1. The van der Waals surface area contributed by atoms with Gasteiger partial charge in [0, 0.05) is 33.0 Å². The van der Waals surface area contributed by atoms with Crippen LogP contribution in [0.1, 0.15) is 16.1 Å². The van der Waals surface area contributed by atoms with Crippen molar-refractivity contribution in [1.29, 1.82) is 0 Å². The van der Waals surface area contributed by atoms with Crippen LogP contribution in [0.25, 0.3) is 10.6 Å². The average Bonchev–Trinajstić information content (AvgIpc) is 3.23. The number of carbonyl (C=O) groups excluding carboxylic acids is 1. The van der Waals surface area contributed by atoms with E-state index in [0.717, 1.165) is 16.9 Å². The van der Waals surface area contributed by atoms with Crippen molar-refractivity contribution in [1.82, 2.24) is 4.98 Å². The first kappa shape index (κ1) is 16.6. The fourth-order valence-corrected chi connectivity index (χ4v) is 3.48. The Kier molecular flexibility index (Phi) is 4.89. The number of nitrogens with zero attached hydrogens (tertiary/aromatic N) is 2. The van der Waals surface area contributed by atoms with Crippen molar-refractivity contribution in [2.75, 3.05) is 0 Å². The van der Waals surface area contributed by atoms with Gasteiger partial charge in [0.25, 0.3) is 0 Å². The molecule has 0 aliphatic heterocycles. The van der Waals surface area contributed by atoms with Crippen molar-refractivity contribution in [3.8, 4) is 10.6 Å². The molecule has 0 saturated carbocycles. The lowest BCUT2D eigenvalue weighted by atomic mass is 10.2. The average molecular weight is 381 g/mol. The monoisotopic (exact) mass is 380 g/mol. The zero-order valence-electron chi connectivity index (χ0n) is 12.0. The molecule has 0 radical (unpaired) electrons. The Labute approximate surface area is 149 Å². The van der Waals surface area contributed by atoms with E-state index in [1.165, 1.54) is 17.4 Å². The number of ether oxygens (including phenoxy) is 1. The Hall–Kier alpha value is -2.29. The van der Waals surface area contributed by atoms with Crippen molar-refractivity contribution in [2.24, 2.45) is 0 Å². The predicted molar refractivity (Wildman–Crippen MR) is 92.7 cm³/mol. The number of hydrogen-bond acceptors (Lipinski definition) is 7. The summed E-state index contributed by atoms with van der Waals surface area (Å²) in [6.45, 7) is -0.0308. The molecule has 0 spiro atoms. The zero-order chi connectivity index (χ0) is 17.1. The molecule has 6 nitrogen and oxygen atoms in total. The summed E-state index contributed by atoms with van der Waals surface area (Å²) in [4.78, 5) is 26.4. The molecule has 9 heteroatoms. The number of benzene rings is 1. The molecule has 0 aliphatic carbocycles. The van der Waals surface area contributed by atoms with E-state index in [9.17, 15) is 14.9 Å². The van der Waals surface area contributed by atoms with Crippen molar-refractivity contribution in [2.45, 2.75) is 6.61 Å². The molecule has 122 valence electrons. The quantitative estimate of drug-likeness (QED) is 0.361. The minimum Gasteiger partial charge on any atom is -0.456 e. The summed E-state index contributed by atoms with van der Waals surface area (Å²) in [6, 6.07) is 8.53. The van der Waals surface area contributed by atoms with Gasteiger partial charge in [0.05, 0.1) is 4.92 Å². The van der Waals surface area contributed by atoms with E-state index >= 15 is 0 Å². The lowest BCUT2D eigenvalue weighted by Gasteiger charge is -2.00. The van der Waals surface area contributed by atoms with Gasteiger partial charge >= 0.3 is 11.0 Å². The first-order valence-electron chi connectivity index (χ1n) is 6.63. The molecule has 3 aromatic rings. The third-order valence-corrected chi connectivity index (χ3v) is 5.07. The molecule has 3 rings (SSSR count). The third-order valence-electron chi connectivity index (χ3n) is 2.99. The first-order valence-corrected chi connectivity index (χ1v) is 8.77. The second kappa shape index (κ2) is 7.08. The molecule has 1 aromatic carbocycles. The van der Waals surface area contributed by atoms with E-state index in [2.05, 4.69) is 4.98 Å². The normalized spacial score (nSPS) is 10.5. The topological polar surface area (TPSA) is 82.3 Å². The van der Waals surface area contributed by atoms with E-state index in [-0.39, 0.29) is 17.3 Å². The summed E-state index contributed by atoms with van der Waals surface area (Å²) >= 11 is 8.16. The van der Waals surface area contributed by atoms with E-state index in [1.54, 1.807) is 22.9 Å². The third kappa shape index (κ3) is 3.78. The van der Waals surface area contributed by atoms with Crippen LogP contribution < -0.4 is 0 Å². The summed E-state index contributed by atoms with van der Waals surface area (Å²) in [7, 11) is 0. The van der Waals surface area contributed by atoms with E-state index in [0.29, 0.717) is 15.6 Å². The number of nitro groups is 1. The van der Waals surface area contributed by atoms with Gasteiger partial charge in [-0.2, -0.15) is 0 Å². The molecule has 0 bridgehead atoms. The summed E-state index contributed by atoms with van der Waals surface area (Å²) in [6.07, 6.45) is 0. The summed E-state index contributed by atoms with van der Waals surface area (Å²) in [5.74, 6) is -0.569. The largest absolute Gasteiger partial charge is 0.456 e. The van der Waals surface area contributed by atoms with Crippen LogP contribution in [-0.2, 0) is 11.3 Å². The molecule has 0 unspecified atom stereocenters. The Balaban J connectivity index is 1.65. The molecule has 2 aromatic heterocycles. The van der Waals surface area contributed by atoms with Crippen LogP contribution in [-0.4, -0.2) is 15.9 Å². The Morgan fingerprint density at radius 1 is 1.25 bits per heavy atom. The highest BCUT2D eigenvalue weighted by atomic mass is 35.5. The number of carbonyl (C=O) groups is 1. The molecule has 0 fully saturated rings. The van der Waals surface area contributed by atoms with E-state index < -0.39 is 10.9 Å². The van der Waals surface area contributed by atoms with Crippen LogP contribution in [0.5, 0.6) is 0 Å². The van der Waals surface area contributed by atoms with Gasteiger partial charge in [0.2, 0.25) is 0 Å². The lowest BCUT2D eigenvalue weighted by molar-refractivity contribution is -0.380. The maximum atomic E-state index is 12.0. The van der Waals surface area contributed by atoms with Gasteiger partial charge in [0.1, 0.15) is 11.6 Å². The van der Waals surface area contributed by atoms with Gasteiger partial charge in [-0.05, 0) is 12.1 Å². The van der Waals surface area contributed by atoms with Gasteiger partial charge in [0.15, 0.2) is 5.69 Å². The van der Waals surface area contributed by atoms with Crippen LogP contribution in [0.3, 0.4) is 0 Å². The fourth-order valence-electron chi connectivity index (χ4n) is 1.85. The van der Waals surface area contributed by atoms with E-state index in [1.807, 2.05) is 12.1 Å². The van der Waals surface area contributed by atoms with Crippen LogP contribution >= 0.6 is 34.3 Å². The van der Waals surface area contributed by atoms with Crippen molar-refractivity contribution in [3.63, 3.8) is 0 Å². The molecular weight excluding hydrogens is 372 g/mol. The Morgan fingerprint density at radius 3 is 2.67 bits per heavy atom. The molecule has 0 saturated heterocycles. The summed E-state index contributed by atoms with van der Waals surface area (Å²) < 4.78 is 5.14. The minimum atomic E-state index is -0.569. The molecular formula is C15H9ClN2O4S2. The van der Waals surface area contributed by atoms with Gasteiger partial charge in [-0.15, -0.1) is 11.3 Å². The maximum Gasteiger partial charge on any atom is 0.358 e. The smallest absolute Gasteiger partial charge is 0.358 e. The number of esters is 1. The van der Waals surface area contributed by atoms with Crippen LogP contribution in [0.15, 0.2) is 41.1 Å². The Morgan fingerprint density at radius 2 is 2.00 bits per heavy atom. The maximum absolute atomic E-state index is 12.0. The summed E-state index contributed by atoms with van der Waals surface area (Å²) in [5, 5.41) is 15.1. The predicted octanol–water partition coefficient (Wildman–Crippen LogP) is 4.79. The highest BCUT2D eigenvalue weighted by Crippen LogP contribution is 2.26. The minimum absolute atomic E-state index is 0.0136. The van der Waals surface area contributed by atoms with Gasteiger partial charge in [-0.25, -0.2) is 9.78 Å². The van der Waals surface area contributed by atoms with Crippen LogP contribution in [0.2, 0.25) is 5.02 Å². The zero-order valence-corrected chi connectivity index (χ0v) is 14.4. The molecule has 0 amide bonds. The van der Waals surface area contributed by atoms with Crippen LogP contribution in [0.4, 0.5) is 5.00 Å². The molecule has 0 N–H and O–H groups in total. The number of halogens is 1. The first-order chi connectivity index (χ1) is 11.5. The highest BCUT2D eigenvalue weighted by molar-refractivity contribution is 7.13. The van der Waals surface area contributed by atoms with Crippen molar-refractivity contribution < 1.29 is 14.5 Å². The van der Waals surface area contributed by atoms with Gasteiger partial charge in [-0.3, -0.25) is 10.1 Å². The highest BCUT2D eigenvalue weighted by Gasteiger charge is 2.15. The number of thiazole rings is 1. The van der Waals surface area contributed by atoms with Gasteiger partial charge < -0.3 is 4.74 Å². The van der Waals surface area contributed by atoms with E-state index in [4.69, 9.17) is 16.3 Å². The molecule has 24 heavy (non-hydrogen) atoms.